The van der Waals surface area contributed by atoms with Gasteiger partial charge in [-0.1, -0.05) is 0 Å². The normalized spacial score (nSPS) is 26.4. The number of anilines is 1. The number of aromatic nitrogens is 4. The molecule has 3 heterocycles. The molecule has 0 spiro atoms. The molecule has 174 valence electrons. The van der Waals surface area contributed by atoms with E-state index in [4.69, 9.17) is 34.0 Å². The topological polar surface area (TPSA) is 231 Å². The number of phosphoric ester groups is 1. The van der Waals surface area contributed by atoms with Gasteiger partial charge in [0.25, 0.3) is 0 Å². The molecule has 0 bridgehead atoms. The van der Waals surface area contributed by atoms with Gasteiger partial charge in [-0.05, 0) is 0 Å². The fourth-order valence-corrected chi connectivity index (χ4v) is 4.89. The van der Waals surface area contributed by atoms with Crippen LogP contribution in [0.25, 0.3) is 11.2 Å². The predicted molar refractivity (Wildman–Crippen MR) is 100 cm³/mol. The minimum atomic E-state index is -5.25. The summed E-state index contributed by atoms with van der Waals surface area (Å²) in [5, 5.41) is 20.7. The lowest BCUT2D eigenvalue weighted by Gasteiger charge is -2.21. The van der Waals surface area contributed by atoms with E-state index < -0.39 is 46.8 Å². The Kier molecular flexibility index (Phi) is 7.40. The molecular formula is C13H21N5O11P2. The lowest BCUT2D eigenvalue weighted by atomic mass is 10.1. The number of aliphatic hydroxyl groups is 2. The van der Waals surface area contributed by atoms with Crippen molar-refractivity contribution in [3.8, 4) is 0 Å². The fraction of sp³-hybridized carbons (Fsp3) is 0.615. The molecule has 0 saturated carbocycles. The molecule has 2 aromatic rings. The number of hydrogen-bond donors (Lipinski definition) is 5. The van der Waals surface area contributed by atoms with Crippen molar-refractivity contribution in [2.75, 3.05) is 32.7 Å². The van der Waals surface area contributed by atoms with Crippen LogP contribution in [0.5, 0.6) is 0 Å². The molecule has 1 aliphatic heterocycles. The zero-order chi connectivity index (χ0) is 22.8. The molecule has 16 nitrogen and oxygen atoms in total. The summed E-state index contributed by atoms with van der Waals surface area (Å²) in [6, 6.07) is 0. The fourth-order valence-electron chi connectivity index (χ4n) is 2.76. The number of nitrogens with two attached hydrogens (primary N) is 1. The molecule has 1 saturated heterocycles. The summed E-state index contributed by atoms with van der Waals surface area (Å²) in [5.74, 6) is 0.0976. The molecule has 0 amide bonds. The van der Waals surface area contributed by atoms with E-state index in [0.717, 1.165) is 0 Å². The van der Waals surface area contributed by atoms with Crippen molar-refractivity contribution < 1.29 is 52.0 Å². The van der Waals surface area contributed by atoms with Crippen LogP contribution in [0.15, 0.2) is 12.7 Å². The summed E-state index contributed by atoms with van der Waals surface area (Å²) in [7, 11) is -8.70. The van der Waals surface area contributed by atoms with Crippen LogP contribution in [0.3, 0.4) is 0 Å². The second-order valence-electron chi connectivity index (χ2n) is 6.27. The van der Waals surface area contributed by atoms with E-state index in [0.29, 0.717) is 0 Å². The van der Waals surface area contributed by atoms with Crippen molar-refractivity contribution in [2.45, 2.75) is 24.5 Å². The van der Waals surface area contributed by atoms with Crippen LogP contribution < -0.4 is 5.73 Å². The van der Waals surface area contributed by atoms with Crippen LogP contribution in [0, 0.1) is 0 Å². The second-order valence-corrected chi connectivity index (χ2v) is 9.32. The molecule has 0 radical (unpaired) electrons. The quantitative estimate of drug-likeness (QED) is 0.199. The SMILES string of the molecule is COCCOP(=O)(OC[C@H]1O[C@@H](n2cnc3c(N)ncnc32)[C@H](O)[C@@H]1O)OP(=O)(O)O. The van der Waals surface area contributed by atoms with Gasteiger partial charge in [0.15, 0.2) is 17.7 Å². The zero-order valence-electron chi connectivity index (χ0n) is 16.0. The molecular weight excluding hydrogens is 464 g/mol. The summed E-state index contributed by atoms with van der Waals surface area (Å²) in [6.07, 6.45) is -3.03. The number of hydrogen-bond acceptors (Lipinski definition) is 13. The highest BCUT2D eigenvalue weighted by Gasteiger charge is 2.46. The van der Waals surface area contributed by atoms with Crippen molar-refractivity contribution in [1.29, 1.82) is 0 Å². The Labute approximate surface area is 174 Å². The second kappa shape index (κ2) is 9.52. The first-order chi connectivity index (χ1) is 14.5. The molecule has 0 aliphatic carbocycles. The molecule has 1 aliphatic rings. The average Bonchev–Trinajstić information content (AvgIpc) is 3.22. The van der Waals surface area contributed by atoms with Gasteiger partial charge in [-0.25, -0.2) is 24.1 Å². The minimum absolute atomic E-state index is 0.0695. The largest absolute Gasteiger partial charge is 0.483 e. The maximum Gasteiger partial charge on any atom is 0.483 e. The summed E-state index contributed by atoms with van der Waals surface area (Å²) in [5.41, 5.74) is 6.20. The number of methoxy groups -OCH3 is 1. The third-order valence-electron chi connectivity index (χ3n) is 4.14. The third-order valence-corrected chi connectivity index (χ3v) is 6.75. The number of imidazole rings is 1. The molecule has 6 N–H and O–H groups in total. The van der Waals surface area contributed by atoms with Gasteiger partial charge in [0, 0.05) is 7.11 Å². The van der Waals surface area contributed by atoms with Crippen molar-refractivity contribution >= 4 is 32.6 Å². The highest BCUT2D eigenvalue weighted by molar-refractivity contribution is 7.61. The minimum Gasteiger partial charge on any atom is -0.387 e. The van der Waals surface area contributed by atoms with Gasteiger partial charge in [0.2, 0.25) is 0 Å². The Balaban J connectivity index is 1.73. The summed E-state index contributed by atoms with van der Waals surface area (Å²) < 4.78 is 49.0. The van der Waals surface area contributed by atoms with Crippen LogP contribution >= 0.6 is 15.6 Å². The Morgan fingerprint density at radius 2 is 1.90 bits per heavy atom. The van der Waals surface area contributed by atoms with Crippen molar-refractivity contribution in [3.05, 3.63) is 12.7 Å². The van der Waals surface area contributed by atoms with Gasteiger partial charge in [-0.15, -0.1) is 0 Å². The number of aliphatic hydroxyl groups excluding tert-OH is 2. The van der Waals surface area contributed by atoms with Crippen LogP contribution in [-0.4, -0.2) is 84.8 Å². The van der Waals surface area contributed by atoms with E-state index in [2.05, 4.69) is 19.3 Å². The first-order valence-electron chi connectivity index (χ1n) is 8.64. The maximum absolute atomic E-state index is 12.5. The van der Waals surface area contributed by atoms with Crippen molar-refractivity contribution in [2.24, 2.45) is 0 Å². The van der Waals surface area contributed by atoms with Crippen molar-refractivity contribution in [3.63, 3.8) is 0 Å². The summed E-state index contributed by atoms with van der Waals surface area (Å²) >= 11 is 0. The molecule has 18 heteroatoms. The molecule has 31 heavy (non-hydrogen) atoms. The number of ether oxygens (including phenoxy) is 2. The van der Waals surface area contributed by atoms with Gasteiger partial charge in [0.1, 0.15) is 30.2 Å². The van der Waals surface area contributed by atoms with Gasteiger partial charge in [0.05, 0.1) is 26.1 Å². The average molecular weight is 485 g/mol. The van der Waals surface area contributed by atoms with Gasteiger partial charge in [-0.2, -0.15) is 4.31 Å². The van der Waals surface area contributed by atoms with E-state index in [1.165, 1.54) is 24.3 Å². The highest BCUT2D eigenvalue weighted by Crippen LogP contribution is 2.61. The summed E-state index contributed by atoms with van der Waals surface area (Å²) in [4.78, 5) is 29.8. The number of rotatable bonds is 10. The lowest BCUT2D eigenvalue weighted by Crippen LogP contribution is -2.33. The maximum atomic E-state index is 12.5. The van der Waals surface area contributed by atoms with Gasteiger partial charge >= 0.3 is 15.6 Å². The number of nitrogen functional groups attached to an aromatic ring is 1. The number of nitrogens with zero attached hydrogens (tertiary/aromatic N) is 4. The van der Waals surface area contributed by atoms with Crippen LogP contribution in [0.1, 0.15) is 6.23 Å². The number of phosphoric acid groups is 2. The zero-order valence-corrected chi connectivity index (χ0v) is 17.8. The van der Waals surface area contributed by atoms with Crippen molar-refractivity contribution in [1.82, 2.24) is 19.5 Å². The summed E-state index contributed by atoms with van der Waals surface area (Å²) in [6.45, 7) is -1.14. The smallest absolute Gasteiger partial charge is 0.387 e. The van der Waals surface area contributed by atoms with E-state index in [-0.39, 0.29) is 30.2 Å². The van der Waals surface area contributed by atoms with E-state index in [1.807, 2.05) is 0 Å². The van der Waals surface area contributed by atoms with E-state index in [9.17, 15) is 19.3 Å². The van der Waals surface area contributed by atoms with Gasteiger partial charge in [-0.3, -0.25) is 13.6 Å². The molecule has 1 fully saturated rings. The van der Waals surface area contributed by atoms with Crippen LogP contribution in [-0.2, 0) is 32.0 Å². The Bertz CT molecular complexity index is 999. The van der Waals surface area contributed by atoms with E-state index >= 15 is 0 Å². The van der Waals surface area contributed by atoms with Crippen LogP contribution in [0.2, 0.25) is 0 Å². The van der Waals surface area contributed by atoms with Crippen LogP contribution in [0.4, 0.5) is 5.82 Å². The molecule has 1 unspecified atom stereocenters. The molecule has 0 aromatic carbocycles. The Morgan fingerprint density at radius 3 is 2.58 bits per heavy atom. The predicted octanol–water partition coefficient (Wildman–Crippen LogP) is -1.08. The number of fused-ring (bicyclic) bond motifs is 1. The third kappa shape index (κ3) is 5.63. The monoisotopic (exact) mass is 485 g/mol. The molecule has 2 aromatic heterocycles. The lowest BCUT2D eigenvalue weighted by molar-refractivity contribution is -0.0516. The first kappa shape index (κ1) is 24.1. The molecule has 3 rings (SSSR count). The molecule has 5 atom stereocenters. The van der Waals surface area contributed by atoms with Gasteiger partial charge < -0.3 is 35.2 Å². The highest BCUT2D eigenvalue weighted by atomic mass is 31.3. The Morgan fingerprint density at radius 1 is 1.16 bits per heavy atom. The standard InChI is InChI=1S/C13H21N5O11P2/c1-25-2-3-26-31(24,29-30(21,22)23)27-4-7-9(19)10(20)13(28-7)18-6-17-8-11(14)15-5-16-12(8)18/h5-7,9-10,13,19-20H,2-4H2,1H3,(H2,14,15,16)(H2,21,22,23)/t7-,9-,10-,13-,31?/m1/s1. The first-order valence-corrected chi connectivity index (χ1v) is 11.6. The van der Waals surface area contributed by atoms with E-state index in [1.54, 1.807) is 0 Å². The Hall–Kier alpha value is -1.55.